The second-order valence-corrected chi connectivity index (χ2v) is 13.6. The number of fused-ring (bicyclic) bond motifs is 2. The molecule has 0 unspecified atom stereocenters. The highest BCUT2D eigenvalue weighted by Crippen LogP contribution is 2.68. The third-order valence-electron chi connectivity index (χ3n) is 6.35. The minimum atomic E-state index is -0.942. The van der Waals surface area contributed by atoms with Gasteiger partial charge in [0.05, 0.1) is 39.2 Å². The number of nitrogens with zero attached hydrogens (tertiary/aromatic N) is 6. The van der Waals surface area contributed by atoms with Crippen molar-refractivity contribution >= 4 is 93.7 Å². The summed E-state index contributed by atoms with van der Waals surface area (Å²) in [5.41, 5.74) is 10.3. The Morgan fingerprint density at radius 2 is 1.00 bits per heavy atom. The van der Waals surface area contributed by atoms with Gasteiger partial charge in [-0.2, -0.15) is 20.2 Å². The molecular formula is C26H14N8O6S4. The van der Waals surface area contributed by atoms with E-state index >= 15 is 0 Å². The van der Waals surface area contributed by atoms with Crippen LogP contribution in [0.2, 0.25) is 0 Å². The molecule has 0 fully saturated rings. The fourth-order valence-electron chi connectivity index (χ4n) is 4.42. The van der Waals surface area contributed by atoms with Gasteiger partial charge in [0.2, 0.25) is 0 Å². The highest BCUT2D eigenvalue weighted by molar-refractivity contribution is 8.26. The lowest BCUT2D eigenvalue weighted by atomic mass is 10.2. The number of phenolic OH excluding ortho intramolecular Hbond substituents is 2. The van der Waals surface area contributed by atoms with Crippen LogP contribution in [0.25, 0.3) is 0 Å². The number of carbonyl (C=O) groups excluding carboxylic acids is 4. The zero-order valence-electron chi connectivity index (χ0n) is 21.6. The minimum Gasteiger partial charge on any atom is -0.505 e. The quantitative estimate of drug-likeness (QED) is 0.234. The first-order chi connectivity index (χ1) is 21.2. The number of hydrogen-bond acceptors (Lipinski definition) is 14. The van der Waals surface area contributed by atoms with Crippen molar-refractivity contribution < 1.29 is 29.4 Å². The number of aromatic hydroxyl groups is 2. The molecule has 6 N–H and O–H groups in total. The zero-order chi connectivity index (χ0) is 30.9. The maximum Gasteiger partial charge on any atom is 0.284 e. The lowest BCUT2D eigenvalue weighted by Crippen LogP contribution is -2.26. The van der Waals surface area contributed by atoms with E-state index in [1.807, 2.05) is 0 Å². The average molecular weight is 663 g/mol. The lowest BCUT2D eigenvalue weighted by Gasteiger charge is -2.10. The maximum atomic E-state index is 13.4. The highest BCUT2D eigenvalue weighted by atomic mass is 32.2. The first kappa shape index (κ1) is 28.0. The van der Waals surface area contributed by atoms with Crippen LogP contribution >= 0.6 is 47.0 Å². The van der Waals surface area contributed by atoms with E-state index in [0.717, 1.165) is 57.1 Å². The number of hydrazone groups is 2. The number of aromatic nitrogens is 2. The molecule has 218 valence electrons. The van der Waals surface area contributed by atoms with Gasteiger partial charge in [-0.25, -0.2) is 9.97 Å². The maximum absolute atomic E-state index is 13.4. The number of amides is 4. The predicted octanol–water partition coefficient (Wildman–Crippen LogP) is 2.48. The van der Waals surface area contributed by atoms with Crippen LogP contribution in [-0.4, -0.2) is 55.2 Å². The number of pyridine rings is 2. The number of anilines is 2. The summed E-state index contributed by atoms with van der Waals surface area (Å²) in [4.78, 5) is 60.5. The van der Waals surface area contributed by atoms with Gasteiger partial charge in [-0.3, -0.25) is 19.2 Å². The van der Waals surface area contributed by atoms with Crippen LogP contribution in [0.5, 0.6) is 11.5 Å². The van der Waals surface area contributed by atoms with E-state index in [9.17, 15) is 29.4 Å². The summed E-state index contributed by atoms with van der Waals surface area (Å²) in [6, 6.07) is 9.70. The van der Waals surface area contributed by atoms with Crippen molar-refractivity contribution in [2.45, 2.75) is 19.6 Å². The second kappa shape index (κ2) is 10.4. The van der Waals surface area contributed by atoms with E-state index in [4.69, 9.17) is 11.5 Å². The Balaban J connectivity index is 1.26. The number of nitrogens with two attached hydrogens (primary N) is 2. The number of thioether (sulfide) groups is 4. The van der Waals surface area contributed by atoms with Gasteiger partial charge in [-0.15, -0.1) is 0 Å². The fourth-order valence-corrected chi connectivity index (χ4v) is 9.82. The van der Waals surface area contributed by atoms with Crippen molar-refractivity contribution in [1.82, 2.24) is 9.97 Å². The first-order valence-electron chi connectivity index (χ1n) is 12.3. The van der Waals surface area contributed by atoms with Crippen molar-refractivity contribution in [3.05, 3.63) is 68.4 Å². The van der Waals surface area contributed by atoms with Gasteiger partial charge in [0.15, 0.2) is 23.1 Å². The van der Waals surface area contributed by atoms with Gasteiger partial charge >= 0.3 is 0 Å². The van der Waals surface area contributed by atoms with Crippen molar-refractivity contribution in [2.75, 3.05) is 10.0 Å². The molecule has 0 atom stereocenters. The van der Waals surface area contributed by atoms with Gasteiger partial charge in [0, 0.05) is 12.4 Å². The molecule has 4 aliphatic heterocycles. The fraction of sp³-hybridized carbons (Fsp3) is 0. The molecule has 0 saturated carbocycles. The first-order valence-corrected chi connectivity index (χ1v) is 15.5. The van der Waals surface area contributed by atoms with Crippen LogP contribution in [0.4, 0.5) is 11.6 Å². The van der Waals surface area contributed by atoms with Crippen LogP contribution in [0.1, 0.15) is 0 Å². The van der Waals surface area contributed by atoms with Crippen LogP contribution in [-0.2, 0) is 19.2 Å². The molecule has 4 aliphatic rings. The predicted molar refractivity (Wildman–Crippen MR) is 164 cm³/mol. The summed E-state index contributed by atoms with van der Waals surface area (Å²) in [6.07, 6.45) is 2.93. The van der Waals surface area contributed by atoms with Crippen molar-refractivity contribution in [3.63, 3.8) is 0 Å². The molecule has 0 saturated heterocycles. The molecule has 7 rings (SSSR count). The Hall–Kier alpha value is -4.78. The molecule has 4 amide bonds. The molecule has 44 heavy (non-hydrogen) atoms. The van der Waals surface area contributed by atoms with Gasteiger partial charge in [-0.05, 0) is 24.3 Å². The highest BCUT2D eigenvalue weighted by Gasteiger charge is 2.44. The van der Waals surface area contributed by atoms with Crippen LogP contribution in [0, 0.1) is 0 Å². The van der Waals surface area contributed by atoms with Crippen molar-refractivity contribution in [1.29, 1.82) is 0 Å². The Kier molecular flexibility index (Phi) is 6.65. The SMILES string of the molecule is NC(=O)C1=NN(c2ccccn2)C(=O)C1=C1Sc2c(O)c3c(c(O)c2S1)SC(=C1C(=O)N(c2ccccn2)N=C1C(N)=O)S3. The number of hydrogen-bond donors (Lipinski definition) is 4. The smallest absolute Gasteiger partial charge is 0.284 e. The van der Waals surface area contributed by atoms with Gasteiger partial charge in [-0.1, -0.05) is 59.2 Å². The molecule has 0 aliphatic carbocycles. The van der Waals surface area contributed by atoms with E-state index in [-0.39, 0.29) is 73.8 Å². The standard InChI is InChI=1S/C26H14N8O6S4/c27-21(37)13-11(23(39)33(31-13)9-5-1-3-7-29-9)25-41-17-15(35)19-20(16(36)18(17)42-25)44-26(43-19)12-14(22(28)38)32-34(24(12)40)10-6-2-4-8-30-10/h1-8,35-36H,(H2,27,37)(H2,28,38). The van der Waals surface area contributed by atoms with Crippen LogP contribution in [0.3, 0.4) is 0 Å². The van der Waals surface area contributed by atoms with Crippen molar-refractivity contribution in [2.24, 2.45) is 21.7 Å². The Morgan fingerprint density at radius 3 is 1.30 bits per heavy atom. The molecular weight excluding hydrogens is 649 g/mol. The Labute approximate surface area is 263 Å². The van der Waals surface area contributed by atoms with Gasteiger partial charge in [0.25, 0.3) is 23.6 Å². The lowest BCUT2D eigenvalue weighted by molar-refractivity contribution is -0.115. The van der Waals surface area contributed by atoms with Gasteiger partial charge in [0.1, 0.15) is 11.5 Å². The normalized spacial score (nSPS) is 17.4. The zero-order valence-corrected chi connectivity index (χ0v) is 24.9. The molecule has 1 aromatic carbocycles. The van der Waals surface area contributed by atoms with E-state index < -0.39 is 23.6 Å². The summed E-state index contributed by atoms with van der Waals surface area (Å²) in [5.74, 6) is -3.30. The largest absolute Gasteiger partial charge is 0.505 e. The van der Waals surface area contributed by atoms with E-state index in [1.54, 1.807) is 36.4 Å². The van der Waals surface area contributed by atoms with E-state index in [1.165, 1.54) is 12.4 Å². The molecule has 18 heteroatoms. The summed E-state index contributed by atoms with van der Waals surface area (Å²) in [6.45, 7) is 0. The number of primary amides is 2. The number of benzene rings is 1. The topological polar surface area (TPSA) is 218 Å². The number of rotatable bonds is 4. The molecule has 6 heterocycles. The minimum absolute atomic E-state index is 0.0927. The van der Waals surface area contributed by atoms with Crippen LogP contribution < -0.4 is 21.5 Å². The molecule has 2 aromatic heterocycles. The third kappa shape index (κ3) is 4.25. The molecule has 14 nitrogen and oxygen atoms in total. The number of phenols is 2. The summed E-state index contributed by atoms with van der Waals surface area (Å²) in [5, 5.41) is 32.8. The molecule has 0 radical (unpaired) electrons. The Morgan fingerprint density at radius 1 is 0.636 bits per heavy atom. The van der Waals surface area contributed by atoms with Crippen LogP contribution in [0.15, 0.2) is 98.2 Å². The number of carbonyl (C=O) groups is 4. The summed E-state index contributed by atoms with van der Waals surface area (Å²) in [7, 11) is 0. The molecule has 0 spiro atoms. The van der Waals surface area contributed by atoms with Gasteiger partial charge < -0.3 is 21.7 Å². The average Bonchev–Trinajstić information content (AvgIpc) is 3.80. The molecule has 3 aromatic rings. The second-order valence-electron chi connectivity index (χ2n) is 8.98. The third-order valence-corrected chi connectivity index (χ3v) is 11.6. The monoisotopic (exact) mass is 662 g/mol. The summed E-state index contributed by atoms with van der Waals surface area (Å²) >= 11 is 3.82. The van der Waals surface area contributed by atoms with Crippen molar-refractivity contribution in [3.8, 4) is 11.5 Å². The Bertz CT molecular complexity index is 1810. The molecule has 0 bridgehead atoms. The summed E-state index contributed by atoms with van der Waals surface area (Å²) < 4.78 is 0.535. The van der Waals surface area contributed by atoms with E-state index in [2.05, 4.69) is 20.2 Å². The van der Waals surface area contributed by atoms with E-state index in [0.29, 0.717) is 0 Å².